The van der Waals surface area contributed by atoms with Gasteiger partial charge in [-0.2, -0.15) is 0 Å². The number of hydrogen-bond donors (Lipinski definition) is 1. The van der Waals surface area contributed by atoms with E-state index in [4.69, 9.17) is 9.97 Å². The second kappa shape index (κ2) is 6.84. The smallest absolute Gasteiger partial charge is 0.136 e. The van der Waals surface area contributed by atoms with Crippen LogP contribution in [-0.4, -0.2) is 22.6 Å². The molecule has 0 spiro atoms. The van der Waals surface area contributed by atoms with Crippen LogP contribution < -0.4 is 10.2 Å². The summed E-state index contributed by atoms with van der Waals surface area (Å²) in [6, 6.07) is 9.41. The molecular formula is C21H25BrN4. The third-order valence-electron chi connectivity index (χ3n) is 5.88. The van der Waals surface area contributed by atoms with Crippen LogP contribution in [0.1, 0.15) is 61.4 Å². The summed E-state index contributed by atoms with van der Waals surface area (Å²) < 4.78 is 1.16. The molecule has 1 aliphatic heterocycles. The van der Waals surface area contributed by atoms with E-state index >= 15 is 0 Å². The van der Waals surface area contributed by atoms with Crippen molar-refractivity contribution in [2.45, 2.75) is 63.5 Å². The summed E-state index contributed by atoms with van der Waals surface area (Å²) in [7, 11) is 0. The summed E-state index contributed by atoms with van der Waals surface area (Å²) in [6.45, 7) is 1.96. The van der Waals surface area contributed by atoms with Crippen LogP contribution in [0.4, 0.5) is 11.6 Å². The maximum Gasteiger partial charge on any atom is 0.136 e. The standard InChI is InChI=1S/C21H25BrN4/c22-17-8-7-14-9-10-26(13-16(14)11-17)20-12-19(23-18-3-1-2-4-18)24-21(25-20)15-5-6-15/h7-8,11-12,15,18H,1-6,9-10,13H2,(H,23,24,25). The van der Waals surface area contributed by atoms with Gasteiger partial charge < -0.3 is 10.2 Å². The molecule has 2 heterocycles. The number of benzene rings is 1. The van der Waals surface area contributed by atoms with Crippen molar-refractivity contribution in [3.8, 4) is 0 Å². The van der Waals surface area contributed by atoms with Gasteiger partial charge in [0.15, 0.2) is 0 Å². The molecule has 5 heteroatoms. The summed E-state index contributed by atoms with van der Waals surface area (Å²) in [5.41, 5.74) is 2.87. The second-order valence-electron chi connectivity index (χ2n) is 7.95. The van der Waals surface area contributed by atoms with E-state index in [-0.39, 0.29) is 0 Å². The van der Waals surface area contributed by atoms with E-state index in [1.807, 2.05) is 0 Å². The Morgan fingerprint density at radius 2 is 1.85 bits per heavy atom. The molecule has 0 amide bonds. The number of rotatable bonds is 4. The fourth-order valence-corrected chi connectivity index (χ4v) is 4.62. The third-order valence-corrected chi connectivity index (χ3v) is 6.38. The molecule has 0 bridgehead atoms. The van der Waals surface area contributed by atoms with Crippen molar-refractivity contribution in [3.63, 3.8) is 0 Å². The molecule has 4 nitrogen and oxygen atoms in total. The number of nitrogens with zero attached hydrogens (tertiary/aromatic N) is 3. The summed E-state index contributed by atoms with van der Waals surface area (Å²) in [5, 5.41) is 3.69. The van der Waals surface area contributed by atoms with Gasteiger partial charge in [-0.1, -0.05) is 34.8 Å². The Balaban J connectivity index is 1.43. The minimum Gasteiger partial charge on any atom is -0.367 e. The normalized spacial score (nSPS) is 20.3. The highest BCUT2D eigenvalue weighted by atomic mass is 79.9. The van der Waals surface area contributed by atoms with Gasteiger partial charge >= 0.3 is 0 Å². The van der Waals surface area contributed by atoms with Crippen LogP contribution in [0.5, 0.6) is 0 Å². The lowest BCUT2D eigenvalue weighted by atomic mass is 10.00. The highest BCUT2D eigenvalue weighted by Crippen LogP contribution is 2.39. The van der Waals surface area contributed by atoms with Crippen LogP contribution in [0.2, 0.25) is 0 Å². The number of aromatic nitrogens is 2. The lowest BCUT2D eigenvalue weighted by Gasteiger charge is -2.30. The zero-order valence-electron chi connectivity index (χ0n) is 15.0. The predicted octanol–water partition coefficient (Wildman–Crippen LogP) is 5.03. The van der Waals surface area contributed by atoms with Crippen LogP contribution in [0.15, 0.2) is 28.7 Å². The molecule has 1 aromatic heterocycles. The molecule has 0 saturated heterocycles. The van der Waals surface area contributed by atoms with Crippen molar-refractivity contribution >= 4 is 27.6 Å². The molecule has 0 unspecified atom stereocenters. The molecule has 2 aliphatic carbocycles. The molecule has 2 aromatic rings. The molecule has 5 rings (SSSR count). The Labute approximate surface area is 163 Å². The van der Waals surface area contributed by atoms with E-state index in [9.17, 15) is 0 Å². The van der Waals surface area contributed by atoms with Crippen molar-refractivity contribution in [1.29, 1.82) is 0 Å². The van der Waals surface area contributed by atoms with E-state index in [1.54, 1.807) is 0 Å². The second-order valence-corrected chi connectivity index (χ2v) is 8.87. The molecule has 136 valence electrons. The topological polar surface area (TPSA) is 41.0 Å². The van der Waals surface area contributed by atoms with E-state index in [0.717, 1.165) is 41.4 Å². The molecule has 1 aromatic carbocycles. The molecule has 26 heavy (non-hydrogen) atoms. The highest BCUT2D eigenvalue weighted by molar-refractivity contribution is 9.10. The summed E-state index contributed by atoms with van der Waals surface area (Å²) in [4.78, 5) is 12.2. The van der Waals surface area contributed by atoms with Gasteiger partial charge in [0, 0.05) is 35.6 Å². The van der Waals surface area contributed by atoms with Gasteiger partial charge in [0.05, 0.1) is 0 Å². The molecule has 2 fully saturated rings. The van der Waals surface area contributed by atoms with Crippen molar-refractivity contribution in [1.82, 2.24) is 9.97 Å². The zero-order chi connectivity index (χ0) is 17.5. The number of hydrogen-bond acceptors (Lipinski definition) is 4. The quantitative estimate of drug-likeness (QED) is 0.763. The molecular weight excluding hydrogens is 388 g/mol. The molecule has 3 aliphatic rings. The first kappa shape index (κ1) is 16.5. The fourth-order valence-electron chi connectivity index (χ4n) is 4.21. The summed E-state index contributed by atoms with van der Waals surface area (Å²) >= 11 is 3.61. The van der Waals surface area contributed by atoms with Crippen LogP contribution in [0.25, 0.3) is 0 Å². The maximum atomic E-state index is 4.95. The van der Waals surface area contributed by atoms with E-state index in [2.05, 4.69) is 50.4 Å². The minimum atomic E-state index is 0.574. The number of fused-ring (bicyclic) bond motifs is 1. The van der Waals surface area contributed by atoms with Crippen molar-refractivity contribution in [2.75, 3.05) is 16.8 Å². The van der Waals surface area contributed by atoms with Gasteiger partial charge in [-0.05, 0) is 55.4 Å². The Hall–Kier alpha value is -1.62. The number of nitrogens with one attached hydrogen (secondary N) is 1. The van der Waals surface area contributed by atoms with Gasteiger partial charge in [-0.15, -0.1) is 0 Å². The zero-order valence-corrected chi connectivity index (χ0v) is 16.6. The monoisotopic (exact) mass is 412 g/mol. The average molecular weight is 413 g/mol. The minimum absolute atomic E-state index is 0.574. The Bertz CT molecular complexity index is 812. The van der Waals surface area contributed by atoms with E-state index in [1.165, 1.54) is 49.7 Å². The van der Waals surface area contributed by atoms with E-state index in [0.29, 0.717) is 12.0 Å². The van der Waals surface area contributed by atoms with Gasteiger partial charge in [0.25, 0.3) is 0 Å². The first-order valence-electron chi connectivity index (χ1n) is 9.92. The van der Waals surface area contributed by atoms with Gasteiger partial charge in [-0.25, -0.2) is 9.97 Å². The van der Waals surface area contributed by atoms with Crippen molar-refractivity contribution in [2.24, 2.45) is 0 Å². The van der Waals surface area contributed by atoms with E-state index < -0.39 is 0 Å². The SMILES string of the molecule is Brc1ccc2c(c1)CN(c1cc(NC3CCCC3)nc(C3CC3)n1)CC2. The van der Waals surface area contributed by atoms with Gasteiger partial charge in [-0.3, -0.25) is 0 Å². The first-order chi connectivity index (χ1) is 12.7. The Morgan fingerprint density at radius 1 is 1.00 bits per heavy atom. The van der Waals surface area contributed by atoms with Crippen LogP contribution >= 0.6 is 15.9 Å². The number of halogens is 1. The maximum absolute atomic E-state index is 4.95. The molecule has 0 atom stereocenters. The van der Waals surface area contributed by atoms with Crippen molar-refractivity contribution in [3.05, 3.63) is 45.7 Å². The predicted molar refractivity (Wildman–Crippen MR) is 109 cm³/mol. The first-order valence-corrected chi connectivity index (χ1v) is 10.7. The summed E-state index contributed by atoms with van der Waals surface area (Å²) in [5.74, 6) is 3.74. The van der Waals surface area contributed by atoms with Crippen LogP contribution in [-0.2, 0) is 13.0 Å². The number of anilines is 2. The highest BCUT2D eigenvalue weighted by Gasteiger charge is 2.29. The Kier molecular flexibility index (Phi) is 4.35. The largest absolute Gasteiger partial charge is 0.367 e. The average Bonchev–Trinajstić information content (AvgIpc) is 3.39. The Morgan fingerprint density at radius 3 is 2.65 bits per heavy atom. The van der Waals surface area contributed by atoms with Gasteiger partial charge in [0.2, 0.25) is 0 Å². The summed E-state index contributed by atoms with van der Waals surface area (Å²) in [6.07, 6.45) is 8.76. The fraction of sp³-hybridized carbons (Fsp3) is 0.524. The lowest BCUT2D eigenvalue weighted by molar-refractivity contribution is 0.710. The molecule has 0 radical (unpaired) electrons. The molecule has 1 N–H and O–H groups in total. The molecule has 2 saturated carbocycles. The van der Waals surface area contributed by atoms with Crippen molar-refractivity contribution < 1.29 is 0 Å². The van der Waals surface area contributed by atoms with Crippen LogP contribution in [0.3, 0.4) is 0 Å². The van der Waals surface area contributed by atoms with Gasteiger partial charge in [0.1, 0.15) is 17.5 Å². The van der Waals surface area contributed by atoms with Crippen LogP contribution in [0, 0.1) is 0 Å². The lowest BCUT2D eigenvalue weighted by Crippen LogP contribution is -2.31. The third kappa shape index (κ3) is 3.46.